The molecule has 0 aliphatic heterocycles. The lowest BCUT2D eigenvalue weighted by Gasteiger charge is -2.18. The second-order valence-electron chi connectivity index (χ2n) is 21.3. The molecule has 6 nitrogen and oxygen atoms in total. The highest BCUT2D eigenvalue weighted by Gasteiger charge is 2.19. The van der Waals surface area contributed by atoms with Crippen molar-refractivity contribution in [2.75, 3.05) is 13.2 Å². The maximum atomic E-state index is 12.9. The highest BCUT2D eigenvalue weighted by molar-refractivity contribution is 5.71. The summed E-state index contributed by atoms with van der Waals surface area (Å²) in [4.78, 5) is 38.3. The van der Waals surface area contributed by atoms with Crippen molar-refractivity contribution in [3.05, 3.63) is 109 Å². The molecule has 0 saturated heterocycles. The minimum Gasteiger partial charge on any atom is -0.462 e. The second kappa shape index (κ2) is 64.6. The summed E-state index contributed by atoms with van der Waals surface area (Å²) in [6, 6.07) is 0. The van der Waals surface area contributed by atoms with Crippen molar-refractivity contribution in [3.8, 4) is 0 Å². The topological polar surface area (TPSA) is 78.9 Å². The largest absolute Gasteiger partial charge is 0.462 e. The van der Waals surface area contributed by atoms with Crippen molar-refractivity contribution < 1.29 is 28.6 Å². The van der Waals surface area contributed by atoms with Gasteiger partial charge < -0.3 is 14.2 Å². The predicted octanol–water partition coefficient (Wildman–Crippen LogP) is 22.2. The number of esters is 3. The van der Waals surface area contributed by atoms with Crippen LogP contribution in [0.1, 0.15) is 303 Å². The van der Waals surface area contributed by atoms with Crippen molar-refractivity contribution in [1.29, 1.82) is 0 Å². The molecule has 0 heterocycles. The fourth-order valence-corrected chi connectivity index (χ4v) is 8.88. The molecule has 0 amide bonds. The van der Waals surface area contributed by atoms with Gasteiger partial charge in [0.2, 0.25) is 0 Å². The average Bonchev–Trinajstić information content (AvgIpc) is 3.43. The Morgan fingerprint density at radius 2 is 0.506 bits per heavy atom. The summed E-state index contributed by atoms with van der Waals surface area (Å²) >= 11 is 0. The fraction of sp³-hybridized carbons (Fsp3) is 0.704. The van der Waals surface area contributed by atoms with Crippen LogP contribution in [0.5, 0.6) is 0 Å². The predicted molar refractivity (Wildman–Crippen MR) is 334 cm³/mol. The Kier molecular flexibility index (Phi) is 61.3. The van der Waals surface area contributed by atoms with Gasteiger partial charge in [-0.15, -0.1) is 0 Å². The van der Waals surface area contributed by atoms with Crippen molar-refractivity contribution in [1.82, 2.24) is 0 Å². The third-order valence-electron chi connectivity index (χ3n) is 13.7. The molecule has 77 heavy (non-hydrogen) atoms. The first-order valence-corrected chi connectivity index (χ1v) is 32.4. The Hall–Kier alpha value is -3.93. The molecule has 0 aromatic rings. The number of hydrogen-bond acceptors (Lipinski definition) is 6. The number of carbonyl (C=O) groups excluding carboxylic acids is 3. The van der Waals surface area contributed by atoms with Crippen LogP contribution in [0.3, 0.4) is 0 Å². The van der Waals surface area contributed by atoms with E-state index in [1.807, 2.05) is 0 Å². The van der Waals surface area contributed by atoms with Crippen LogP contribution in [0.25, 0.3) is 0 Å². The Labute approximate surface area is 476 Å². The van der Waals surface area contributed by atoms with Crippen molar-refractivity contribution >= 4 is 17.9 Å². The summed E-state index contributed by atoms with van der Waals surface area (Å²) in [5.41, 5.74) is 0. The van der Waals surface area contributed by atoms with Gasteiger partial charge in [0.1, 0.15) is 13.2 Å². The first kappa shape index (κ1) is 73.1. The molecule has 1 unspecified atom stereocenters. The average molecular weight is 1070 g/mol. The van der Waals surface area contributed by atoms with E-state index in [4.69, 9.17) is 14.2 Å². The first-order valence-electron chi connectivity index (χ1n) is 32.4. The molecule has 440 valence electrons. The molecule has 0 aromatic carbocycles. The quantitative estimate of drug-likeness (QED) is 0.0261. The van der Waals surface area contributed by atoms with E-state index in [0.717, 1.165) is 122 Å². The minimum absolute atomic E-state index is 0.0876. The molecule has 0 aromatic heterocycles. The molecule has 1 atom stereocenters. The third kappa shape index (κ3) is 62.8. The van der Waals surface area contributed by atoms with E-state index in [1.54, 1.807) is 0 Å². The van der Waals surface area contributed by atoms with Gasteiger partial charge in [-0.1, -0.05) is 265 Å². The van der Waals surface area contributed by atoms with Crippen LogP contribution in [0.15, 0.2) is 109 Å². The Morgan fingerprint density at radius 1 is 0.273 bits per heavy atom. The number of hydrogen-bond donors (Lipinski definition) is 0. The van der Waals surface area contributed by atoms with E-state index in [2.05, 4.69) is 130 Å². The third-order valence-corrected chi connectivity index (χ3v) is 13.7. The van der Waals surface area contributed by atoms with Crippen molar-refractivity contribution in [2.24, 2.45) is 0 Å². The molecular weight excluding hydrogens is 949 g/mol. The van der Waals surface area contributed by atoms with Gasteiger partial charge in [-0.25, -0.2) is 0 Å². The van der Waals surface area contributed by atoms with Gasteiger partial charge in [0, 0.05) is 19.3 Å². The van der Waals surface area contributed by atoms with Crippen molar-refractivity contribution in [3.63, 3.8) is 0 Å². The van der Waals surface area contributed by atoms with Gasteiger partial charge in [-0.05, 0) is 128 Å². The SMILES string of the molecule is CC/C=C\C/C=C\C/C=C\C/C=C\C/C=C\CCCCCCCCCCCCCC(=O)OCC(COC(=O)CCCCCCC/C=C\CCCCCC)OC(=O)CCCCCCCC/C=C\C/C=C\C/C=C\CCCCC. The number of ether oxygens (including phenoxy) is 3. The lowest BCUT2D eigenvalue weighted by Crippen LogP contribution is -2.30. The molecule has 0 fully saturated rings. The van der Waals surface area contributed by atoms with Crippen molar-refractivity contribution in [2.45, 2.75) is 309 Å². The van der Waals surface area contributed by atoms with Crippen LogP contribution in [-0.4, -0.2) is 37.2 Å². The lowest BCUT2D eigenvalue weighted by atomic mass is 10.0. The summed E-state index contributed by atoms with van der Waals surface area (Å²) in [6.45, 7) is 6.48. The number of unbranched alkanes of at least 4 members (excludes halogenated alkanes) is 29. The van der Waals surface area contributed by atoms with E-state index in [0.29, 0.717) is 19.3 Å². The van der Waals surface area contributed by atoms with Crippen LogP contribution in [0.2, 0.25) is 0 Å². The summed E-state index contributed by atoms with van der Waals surface area (Å²) in [5, 5.41) is 0. The minimum atomic E-state index is -0.792. The van der Waals surface area contributed by atoms with Gasteiger partial charge in [0.25, 0.3) is 0 Å². The zero-order valence-corrected chi connectivity index (χ0v) is 50.4. The molecule has 0 rings (SSSR count). The van der Waals surface area contributed by atoms with E-state index in [-0.39, 0.29) is 31.1 Å². The summed E-state index contributed by atoms with van der Waals surface area (Å²) in [7, 11) is 0. The molecule has 0 bridgehead atoms. The normalized spacial score (nSPS) is 12.8. The molecule has 0 spiro atoms. The molecule has 0 saturated carbocycles. The van der Waals surface area contributed by atoms with Crippen LogP contribution < -0.4 is 0 Å². The molecule has 0 radical (unpaired) electrons. The van der Waals surface area contributed by atoms with Gasteiger partial charge >= 0.3 is 17.9 Å². The van der Waals surface area contributed by atoms with Gasteiger partial charge in [0.15, 0.2) is 6.10 Å². The Bertz CT molecular complexity index is 1560. The maximum Gasteiger partial charge on any atom is 0.306 e. The van der Waals surface area contributed by atoms with E-state index in [1.165, 1.54) is 141 Å². The molecule has 0 aliphatic rings. The van der Waals surface area contributed by atoms with Crippen LogP contribution in [-0.2, 0) is 28.6 Å². The molecule has 6 heteroatoms. The van der Waals surface area contributed by atoms with Gasteiger partial charge in [-0.2, -0.15) is 0 Å². The highest BCUT2D eigenvalue weighted by Crippen LogP contribution is 2.16. The van der Waals surface area contributed by atoms with E-state index in [9.17, 15) is 14.4 Å². The molecular formula is C71H120O6. The molecule has 0 N–H and O–H groups in total. The maximum absolute atomic E-state index is 12.9. The summed E-state index contributed by atoms with van der Waals surface area (Å²) in [5.74, 6) is -0.905. The Morgan fingerprint density at radius 3 is 0.831 bits per heavy atom. The number of rotatable bonds is 58. The first-order chi connectivity index (χ1) is 38.0. The molecule has 0 aliphatic carbocycles. The van der Waals surface area contributed by atoms with Crippen LogP contribution in [0.4, 0.5) is 0 Å². The van der Waals surface area contributed by atoms with E-state index >= 15 is 0 Å². The highest BCUT2D eigenvalue weighted by atomic mass is 16.6. The monoisotopic (exact) mass is 1070 g/mol. The summed E-state index contributed by atoms with van der Waals surface area (Å²) < 4.78 is 16.9. The van der Waals surface area contributed by atoms with Crippen LogP contribution >= 0.6 is 0 Å². The summed E-state index contributed by atoms with van der Waals surface area (Å²) in [6.07, 6.45) is 88.0. The lowest BCUT2D eigenvalue weighted by molar-refractivity contribution is -0.167. The fourth-order valence-electron chi connectivity index (χ4n) is 8.88. The van der Waals surface area contributed by atoms with Gasteiger partial charge in [0.05, 0.1) is 0 Å². The smallest absolute Gasteiger partial charge is 0.306 e. The van der Waals surface area contributed by atoms with Gasteiger partial charge in [-0.3, -0.25) is 14.4 Å². The number of carbonyl (C=O) groups is 3. The zero-order chi connectivity index (χ0) is 55.7. The van der Waals surface area contributed by atoms with E-state index < -0.39 is 6.10 Å². The Balaban J connectivity index is 4.33. The standard InChI is InChI=1S/C71H120O6/c1-4-7-10-13-16-19-22-25-27-29-31-32-33-34-35-36-37-38-40-41-43-46-49-52-55-58-61-64-70(73)76-67-68(66-75-69(72)63-60-57-54-51-48-45-24-21-18-15-12-9-6-3)77-71(74)65-62-59-56-53-50-47-44-42-39-30-28-26-23-20-17-14-11-8-5-2/h7,10,16-17,19-21,24-28,31-32,34-35,39,42,68H,4-6,8-9,11-15,18,22-23,29-30,33,36-38,40-41,43-67H2,1-3H3/b10-7-,19-16-,20-17-,24-21-,27-25-,28-26-,32-31-,35-34-,42-39-. The second-order valence-corrected chi connectivity index (χ2v) is 21.3. The number of allylic oxidation sites excluding steroid dienone is 18. The van der Waals surface area contributed by atoms with Crippen LogP contribution in [0, 0.1) is 0 Å². The zero-order valence-electron chi connectivity index (χ0n) is 50.4.